The van der Waals surface area contributed by atoms with Crippen LogP contribution in [0.3, 0.4) is 0 Å². The van der Waals surface area contributed by atoms with Crippen molar-refractivity contribution in [3.05, 3.63) is 0 Å². The molecule has 0 fully saturated rings. The highest BCUT2D eigenvalue weighted by molar-refractivity contribution is 7.29. The first-order chi connectivity index (χ1) is 1.91. The first-order valence-corrected chi connectivity index (χ1v) is 1.80. The SMILES string of the molecule is N#C[PH2]=O. The van der Waals surface area contributed by atoms with Crippen molar-refractivity contribution in [2.45, 2.75) is 0 Å². The Kier molecular flexibility index (Phi) is 2.53. The highest BCUT2D eigenvalue weighted by atomic mass is 31.1. The van der Waals surface area contributed by atoms with Crippen LogP contribution in [-0.2, 0) is 4.57 Å². The quantitative estimate of drug-likeness (QED) is 0.386. The molecule has 0 rings (SSSR count). The molecule has 0 aromatic rings. The van der Waals surface area contributed by atoms with Crippen molar-refractivity contribution in [3.63, 3.8) is 0 Å². The lowest BCUT2D eigenvalue weighted by molar-refractivity contribution is 0.603. The first kappa shape index (κ1) is 3.72. The molecule has 4 heavy (non-hydrogen) atoms. The van der Waals surface area contributed by atoms with E-state index < -0.39 is 8.46 Å². The lowest BCUT2D eigenvalue weighted by atomic mass is 11.8. The van der Waals surface area contributed by atoms with Gasteiger partial charge in [0.1, 0.15) is 5.81 Å². The highest BCUT2D eigenvalue weighted by Crippen LogP contribution is 1.76. The Labute approximate surface area is 25.3 Å². The smallest absolute Gasteiger partial charge is 0.159 e. The second-order valence-electron chi connectivity index (χ2n) is 0.247. The lowest BCUT2D eigenvalue weighted by Gasteiger charge is -1.28. The number of hydrogen-bond donors (Lipinski definition) is 0. The first-order valence-electron chi connectivity index (χ1n) is 0.748. The van der Waals surface area contributed by atoms with Crippen LogP contribution in [0.4, 0.5) is 0 Å². The summed E-state index contributed by atoms with van der Waals surface area (Å²) in [5.41, 5.74) is 0. The van der Waals surface area contributed by atoms with E-state index in [1.807, 2.05) is 0 Å². The van der Waals surface area contributed by atoms with Crippen molar-refractivity contribution in [1.29, 1.82) is 5.26 Å². The largest absolute Gasteiger partial charge is 0.314 e. The Morgan fingerprint density at radius 1 is 2.00 bits per heavy atom. The highest BCUT2D eigenvalue weighted by Gasteiger charge is 1.39. The summed E-state index contributed by atoms with van der Waals surface area (Å²) in [7, 11) is -1.16. The van der Waals surface area contributed by atoms with Crippen molar-refractivity contribution < 1.29 is 4.57 Å². The summed E-state index contributed by atoms with van der Waals surface area (Å²) < 4.78 is 9.02. The molecule has 22 valence electrons. The maximum atomic E-state index is 9.02. The maximum Gasteiger partial charge on any atom is 0.159 e. The van der Waals surface area contributed by atoms with E-state index >= 15 is 0 Å². The monoisotopic (exact) mass is 75.0 g/mol. The maximum absolute atomic E-state index is 9.02. The molecule has 0 aromatic heterocycles. The molecule has 0 radical (unpaired) electrons. The zero-order valence-electron chi connectivity index (χ0n) is 1.93. The van der Waals surface area contributed by atoms with Crippen LogP contribution >= 0.6 is 8.46 Å². The third kappa shape index (κ3) is 1.72. The molecule has 0 aliphatic rings. The van der Waals surface area contributed by atoms with Crippen LogP contribution in [0.2, 0.25) is 0 Å². The Bertz CT molecular complexity index is 53.5. The van der Waals surface area contributed by atoms with Gasteiger partial charge < -0.3 is 4.57 Å². The normalized spacial score (nSPS) is 7.75. The molecule has 0 N–H and O–H groups in total. The fourth-order valence-corrected chi connectivity index (χ4v) is 0. The average Bonchev–Trinajstić information content (AvgIpc) is 1.37. The minimum atomic E-state index is -1.16. The standard InChI is InChI=1S/CH2NOP/c2-1-4-3/h4H2. The third-order valence-electron chi connectivity index (χ3n) is 0.0527. The van der Waals surface area contributed by atoms with Crippen molar-refractivity contribution in [2.24, 2.45) is 0 Å². The van der Waals surface area contributed by atoms with Gasteiger partial charge in [-0.25, -0.2) is 0 Å². The van der Waals surface area contributed by atoms with Crippen molar-refractivity contribution >= 4 is 8.46 Å². The van der Waals surface area contributed by atoms with E-state index in [9.17, 15) is 0 Å². The van der Waals surface area contributed by atoms with Gasteiger partial charge in [0, 0.05) is 0 Å². The van der Waals surface area contributed by atoms with Gasteiger partial charge in [-0.2, -0.15) is 5.26 Å². The summed E-state index contributed by atoms with van der Waals surface area (Å²) in [6.45, 7) is 0. The molecule has 3 heteroatoms. The van der Waals surface area contributed by atoms with Crippen LogP contribution in [-0.4, -0.2) is 0 Å². The van der Waals surface area contributed by atoms with Gasteiger partial charge in [-0.15, -0.1) is 0 Å². The van der Waals surface area contributed by atoms with Gasteiger partial charge in [-0.3, -0.25) is 0 Å². The van der Waals surface area contributed by atoms with Gasteiger partial charge in [0.25, 0.3) is 0 Å². The topological polar surface area (TPSA) is 40.9 Å². The summed E-state index contributed by atoms with van der Waals surface area (Å²) in [6, 6.07) is 0. The zero-order chi connectivity index (χ0) is 3.41. The van der Waals surface area contributed by atoms with E-state index in [4.69, 9.17) is 9.83 Å². The predicted octanol–water partition coefficient (Wildman–Crippen LogP) is 0.224. The van der Waals surface area contributed by atoms with Crippen LogP contribution in [0, 0.1) is 11.1 Å². The Balaban J connectivity index is 2.92. The average molecular weight is 75.0 g/mol. The third-order valence-corrected chi connectivity index (χ3v) is 0.158. The van der Waals surface area contributed by atoms with Gasteiger partial charge in [0.15, 0.2) is 8.46 Å². The van der Waals surface area contributed by atoms with E-state index in [2.05, 4.69) is 0 Å². The van der Waals surface area contributed by atoms with Gasteiger partial charge in [0.2, 0.25) is 0 Å². The van der Waals surface area contributed by atoms with Crippen molar-refractivity contribution in [2.75, 3.05) is 0 Å². The van der Waals surface area contributed by atoms with E-state index in [1.54, 1.807) is 0 Å². The second kappa shape index (κ2) is 2.72. The van der Waals surface area contributed by atoms with E-state index in [0.717, 1.165) is 0 Å². The molecule has 0 saturated carbocycles. The zero-order valence-corrected chi connectivity index (χ0v) is 3.09. The number of nitrogens with zero attached hydrogens (tertiary/aromatic N) is 1. The van der Waals surface area contributed by atoms with Crippen LogP contribution < -0.4 is 0 Å². The van der Waals surface area contributed by atoms with E-state index in [-0.39, 0.29) is 0 Å². The fraction of sp³-hybridized carbons (Fsp3) is 0. The second-order valence-corrected chi connectivity index (χ2v) is 0.741. The Morgan fingerprint density at radius 2 is 2.25 bits per heavy atom. The summed E-state index contributed by atoms with van der Waals surface area (Å²) in [5.74, 6) is 1.46. The van der Waals surface area contributed by atoms with Gasteiger partial charge in [0.05, 0.1) is 0 Å². The van der Waals surface area contributed by atoms with Crippen LogP contribution in [0.15, 0.2) is 0 Å². The molecule has 0 amide bonds. The minimum absolute atomic E-state index is 1.16. The Morgan fingerprint density at radius 3 is 2.25 bits per heavy atom. The van der Waals surface area contributed by atoms with Gasteiger partial charge in [-0.05, 0) is 0 Å². The molecule has 0 saturated heterocycles. The summed E-state index contributed by atoms with van der Waals surface area (Å²) in [4.78, 5) is 0. The Hall–Kier alpha value is -0.280. The molecule has 0 heterocycles. The van der Waals surface area contributed by atoms with Crippen LogP contribution in [0.1, 0.15) is 0 Å². The molecule has 0 aromatic carbocycles. The molecule has 1 unspecified atom stereocenters. The molecule has 0 spiro atoms. The molecule has 0 bridgehead atoms. The molecule has 0 aliphatic carbocycles. The number of rotatable bonds is 0. The molecular weight excluding hydrogens is 73.0 g/mol. The molecule has 2 nitrogen and oxygen atoms in total. The molecular formula is CH2NOP. The minimum Gasteiger partial charge on any atom is -0.314 e. The predicted molar refractivity (Wildman–Crippen MR) is 16.0 cm³/mol. The summed E-state index contributed by atoms with van der Waals surface area (Å²) >= 11 is 0. The lowest BCUT2D eigenvalue weighted by Crippen LogP contribution is -1.04. The summed E-state index contributed by atoms with van der Waals surface area (Å²) in [6.07, 6.45) is 0. The number of nitriles is 1. The van der Waals surface area contributed by atoms with Crippen molar-refractivity contribution in [3.8, 4) is 5.81 Å². The van der Waals surface area contributed by atoms with E-state index in [0.29, 0.717) is 0 Å². The molecule has 0 aliphatic heterocycles. The summed E-state index contributed by atoms with van der Waals surface area (Å²) in [5, 5.41) is 7.35. The van der Waals surface area contributed by atoms with Gasteiger partial charge >= 0.3 is 0 Å². The van der Waals surface area contributed by atoms with E-state index in [1.165, 1.54) is 5.81 Å². The van der Waals surface area contributed by atoms with Crippen molar-refractivity contribution in [1.82, 2.24) is 0 Å². The van der Waals surface area contributed by atoms with Gasteiger partial charge in [-0.1, -0.05) is 0 Å². The number of hydrogen-bond acceptors (Lipinski definition) is 2. The van der Waals surface area contributed by atoms with Crippen LogP contribution in [0.5, 0.6) is 0 Å². The fourth-order valence-electron chi connectivity index (χ4n) is 0. The van der Waals surface area contributed by atoms with Crippen LogP contribution in [0.25, 0.3) is 0 Å². The molecule has 1 atom stereocenters.